The molecule has 3 aromatic carbocycles. The maximum atomic E-state index is 13.4. The second-order valence-corrected chi connectivity index (χ2v) is 8.31. The second-order valence-electron chi connectivity index (χ2n) is 6.44. The van der Waals surface area contributed by atoms with Crippen molar-refractivity contribution in [1.82, 2.24) is 0 Å². The van der Waals surface area contributed by atoms with E-state index in [1.165, 1.54) is 50.6 Å². The fraction of sp³-hybridized carbons (Fsp3) is 0.136. The summed E-state index contributed by atoms with van der Waals surface area (Å²) >= 11 is 0. The van der Waals surface area contributed by atoms with Gasteiger partial charge in [-0.1, -0.05) is 6.07 Å². The SMILES string of the molecule is COc1ccc(S(=O)(=O)N(CC(=O)Nc2cccc(OC)c2)c2ccc(F)cc2)cc1. The molecule has 0 aliphatic heterocycles. The summed E-state index contributed by atoms with van der Waals surface area (Å²) in [7, 11) is -1.15. The number of ether oxygens (including phenoxy) is 2. The molecule has 0 aliphatic rings. The molecule has 1 amide bonds. The highest BCUT2D eigenvalue weighted by molar-refractivity contribution is 7.92. The summed E-state index contributed by atoms with van der Waals surface area (Å²) < 4.78 is 51.1. The number of amides is 1. The van der Waals surface area contributed by atoms with Crippen LogP contribution in [0.1, 0.15) is 0 Å². The topological polar surface area (TPSA) is 84.9 Å². The van der Waals surface area contributed by atoms with Gasteiger partial charge in [-0.3, -0.25) is 9.10 Å². The Balaban J connectivity index is 1.92. The van der Waals surface area contributed by atoms with Crippen molar-refractivity contribution in [2.24, 2.45) is 0 Å². The van der Waals surface area contributed by atoms with Gasteiger partial charge in [0.15, 0.2) is 0 Å². The van der Waals surface area contributed by atoms with Crippen LogP contribution < -0.4 is 19.1 Å². The van der Waals surface area contributed by atoms with Gasteiger partial charge in [0.05, 0.1) is 24.8 Å². The number of sulfonamides is 1. The summed E-state index contributed by atoms with van der Waals surface area (Å²) in [4.78, 5) is 12.7. The number of carbonyl (C=O) groups excluding carboxylic acids is 1. The summed E-state index contributed by atoms with van der Waals surface area (Å²) in [5.74, 6) is -0.0665. The number of methoxy groups -OCH3 is 2. The van der Waals surface area contributed by atoms with Gasteiger partial charge in [0, 0.05) is 11.8 Å². The van der Waals surface area contributed by atoms with Crippen molar-refractivity contribution >= 4 is 27.3 Å². The third kappa shape index (κ3) is 5.32. The van der Waals surface area contributed by atoms with E-state index in [1.807, 2.05) is 0 Å². The first-order valence-electron chi connectivity index (χ1n) is 9.20. The summed E-state index contributed by atoms with van der Waals surface area (Å²) in [6.07, 6.45) is 0. The lowest BCUT2D eigenvalue weighted by atomic mass is 10.3. The van der Waals surface area contributed by atoms with Crippen molar-refractivity contribution in [1.29, 1.82) is 0 Å². The van der Waals surface area contributed by atoms with Gasteiger partial charge in [0.1, 0.15) is 23.9 Å². The largest absolute Gasteiger partial charge is 0.497 e. The molecule has 0 bridgehead atoms. The third-order valence-electron chi connectivity index (χ3n) is 4.40. The zero-order valence-electron chi connectivity index (χ0n) is 16.9. The van der Waals surface area contributed by atoms with E-state index in [2.05, 4.69) is 5.32 Å². The van der Waals surface area contributed by atoms with Crippen LogP contribution >= 0.6 is 0 Å². The number of halogens is 1. The van der Waals surface area contributed by atoms with Gasteiger partial charge < -0.3 is 14.8 Å². The van der Waals surface area contributed by atoms with Crippen LogP contribution in [0.3, 0.4) is 0 Å². The quantitative estimate of drug-likeness (QED) is 0.573. The summed E-state index contributed by atoms with van der Waals surface area (Å²) in [5.41, 5.74) is 0.600. The molecule has 0 atom stereocenters. The van der Waals surface area contributed by atoms with E-state index in [0.717, 1.165) is 16.4 Å². The number of rotatable bonds is 8. The summed E-state index contributed by atoms with van der Waals surface area (Å²) in [6, 6.07) is 17.3. The van der Waals surface area contributed by atoms with Crippen molar-refractivity contribution in [2.75, 3.05) is 30.4 Å². The van der Waals surface area contributed by atoms with Crippen LogP contribution in [-0.4, -0.2) is 35.1 Å². The minimum Gasteiger partial charge on any atom is -0.497 e. The minimum absolute atomic E-state index is 0.0354. The number of hydrogen-bond donors (Lipinski definition) is 1. The van der Waals surface area contributed by atoms with Crippen molar-refractivity contribution < 1.29 is 27.1 Å². The lowest BCUT2D eigenvalue weighted by molar-refractivity contribution is -0.114. The van der Waals surface area contributed by atoms with Crippen molar-refractivity contribution in [3.05, 3.63) is 78.6 Å². The molecule has 1 N–H and O–H groups in total. The molecular weight excluding hydrogens is 423 g/mol. The molecule has 0 aliphatic carbocycles. The normalized spacial score (nSPS) is 10.9. The molecule has 7 nitrogen and oxygen atoms in total. The molecular formula is C22H21FN2O5S. The summed E-state index contributed by atoms with van der Waals surface area (Å²) in [5, 5.41) is 2.65. The van der Waals surface area contributed by atoms with Gasteiger partial charge in [-0.15, -0.1) is 0 Å². The Hall–Kier alpha value is -3.59. The molecule has 31 heavy (non-hydrogen) atoms. The maximum Gasteiger partial charge on any atom is 0.264 e. The van der Waals surface area contributed by atoms with Crippen LogP contribution in [0.4, 0.5) is 15.8 Å². The molecule has 162 valence electrons. The number of nitrogens with one attached hydrogen (secondary N) is 1. The van der Waals surface area contributed by atoms with Gasteiger partial charge in [-0.05, 0) is 60.7 Å². The Labute approximate surface area is 180 Å². The van der Waals surface area contributed by atoms with Crippen molar-refractivity contribution in [3.63, 3.8) is 0 Å². The van der Waals surface area contributed by atoms with E-state index in [1.54, 1.807) is 24.3 Å². The van der Waals surface area contributed by atoms with Crippen LogP contribution in [0.15, 0.2) is 77.7 Å². The highest BCUT2D eigenvalue weighted by atomic mass is 32.2. The van der Waals surface area contributed by atoms with E-state index in [-0.39, 0.29) is 10.6 Å². The average molecular weight is 444 g/mol. The molecule has 3 aromatic rings. The van der Waals surface area contributed by atoms with Gasteiger partial charge in [-0.25, -0.2) is 12.8 Å². The van der Waals surface area contributed by atoms with Crippen LogP contribution in [0, 0.1) is 5.82 Å². The second kappa shape index (κ2) is 9.48. The molecule has 9 heteroatoms. The zero-order chi connectivity index (χ0) is 22.4. The van der Waals surface area contributed by atoms with E-state index in [9.17, 15) is 17.6 Å². The molecule has 0 spiro atoms. The number of nitrogens with zero attached hydrogens (tertiary/aromatic N) is 1. The van der Waals surface area contributed by atoms with Gasteiger partial charge in [0.2, 0.25) is 5.91 Å². The van der Waals surface area contributed by atoms with Gasteiger partial charge in [0.25, 0.3) is 10.0 Å². The number of anilines is 2. The molecule has 0 radical (unpaired) electrons. The number of benzene rings is 3. The first-order valence-corrected chi connectivity index (χ1v) is 10.6. The standard InChI is InChI=1S/C22H21FN2O5S/c1-29-19-10-12-21(13-11-19)31(27,28)25(18-8-6-16(23)7-9-18)15-22(26)24-17-4-3-5-20(14-17)30-2/h3-14H,15H2,1-2H3,(H,24,26). The lowest BCUT2D eigenvalue weighted by Crippen LogP contribution is -2.38. The Kier molecular flexibility index (Phi) is 6.76. The Morgan fingerprint density at radius 1 is 0.935 bits per heavy atom. The highest BCUT2D eigenvalue weighted by Crippen LogP contribution is 2.26. The van der Waals surface area contributed by atoms with Crippen LogP contribution in [0.2, 0.25) is 0 Å². The van der Waals surface area contributed by atoms with E-state index < -0.39 is 28.3 Å². The van der Waals surface area contributed by atoms with Crippen LogP contribution in [-0.2, 0) is 14.8 Å². The van der Waals surface area contributed by atoms with Gasteiger partial charge in [-0.2, -0.15) is 0 Å². The molecule has 0 aromatic heterocycles. The third-order valence-corrected chi connectivity index (χ3v) is 6.19. The Bertz CT molecular complexity index is 1150. The maximum absolute atomic E-state index is 13.4. The lowest BCUT2D eigenvalue weighted by Gasteiger charge is -2.24. The molecule has 0 saturated heterocycles. The summed E-state index contributed by atoms with van der Waals surface area (Å²) in [6.45, 7) is -0.517. The van der Waals surface area contributed by atoms with E-state index >= 15 is 0 Å². The van der Waals surface area contributed by atoms with Crippen LogP contribution in [0.25, 0.3) is 0 Å². The number of carbonyl (C=O) groups is 1. The van der Waals surface area contributed by atoms with Crippen molar-refractivity contribution in [3.8, 4) is 11.5 Å². The predicted molar refractivity (Wildman–Crippen MR) is 116 cm³/mol. The smallest absolute Gasteiger partial charge is 0.264 e. The first-order chi connectivity index (χ1) is 14.8. The monoisotopic (exact) mass is 444 g/mol. The highest BCUT2D eigenvalue weighted by Gasteiger charge is 2.27. The number of hydrogen-bond acceptors (Lipinski definition) is 5. The molecule has 0 heterocycles. The fourth-order valence-corrected chi connectivity index (χ4v) is 4.25. The van der Waals surface area contributed by atoms with Crippen LogP contribution in [0.5, 0.6) is 11.5 Å². The Morgan fingerprint density at radius 3 is 2.19 bits per heavy atom. The minimum atomic E-state index is -4.12. The van der Waals surface area contributed by atoms with Gasteiger partial charge >= 0.3 is 0 Å². The zero-order valence-corrected chi connectivity index (χ0v) is 17.7. The molecule has 3 rings (SSSR count). The van der Waals surface area contributed by atoms with E-state index in [0.29, 0.717) is 17.2 Å². The van der Waals surface area contributed by atoms with E-state index in [4.69, 9.17) is 9.47 Å². The van der Waals surface area contributed by atoms with Crippen molar-refractivity contribution in [2.45, 2.75) is 4.90 Å². The first kappa shape index (κ1) is 22.1. The molecule has 0 saturated carbocycles. The fourth-order valence-electron chi connectivity index (χ4n) is 2.83. The molecule has 0 fully saturated rings. The average Bonchev–Trinajstić information content (AvgIpc) is 2.78. The molecule has 0 unspecified atom stereocenters. The Morgan fingerprint density at radius 2 is 1.58 bits per heavy atom. The predicted octanol–water partition coefficient (Wildman–Crippen LogP) is 3.68.